The molecule has 0 spiro atoms. The van der Waals surface area contributed by atoms with Crippen molar-refractivity contribution in [2.75, 3.05) is 4.72 Å². The van der Waals surface area contributed by atoms with Crippen molar-refractivity contribution < 1.29 is 18.3 Å². The molecule has 2 N–H and O–H groups in total. The van der Waals surface area contributed by atoms with E-state index in [4.69, 9.17) is 5.11 Å². The summed E-state index contributed by atoms with van der Waals surface area (Å²) in [6, 6.07) is 4.25. The van der Waals surface area contributed by atoms with Crippen molar-refractivity contribution in [1.82, 2.24) is 9.55 Å². The largest absolute Gasteiger partial charge is 0.478 e. The quantitative estimate of drug-likeness (QED) is 0.892. The summed E-state index contributed by atoms with van der Waals surface area (Å²) in [5, 5.41) is 8.85. The number of aryl methyl sites for hydroxylation is 3. The molecule has 1 heterocycles. The highest BCUT2D eigenvalue weighted by molar-refractivity contribution is 7.92. The zero-order chi connectivity index (χ0) is 15.8. The van der Waals surface area contributed by atoms with Gasteiger partial charge in [-0.25, -0.2) is 9.78 Å². The number of anilines is 1. The van der Waals surface area contributed by atoms with E-state index in [0.717, 1.165) is 0 Å². The molecule has 0 aliphatic heterocycles. The summed E-state index contributed by atoms with van der Waals surface area (Å²) < 4.78 is 28.5. The highest BCUT2D eigenvalue weighted by atomic mass is 32.2. The molecule has 0 radical (unpaired) electrons. The number of hydrogen-bond donors (Lipinski definition) is 2. The van der Waals surface area contributed by atoms with Gasteiger partial charge >= 0.3 is 5.97 Å². The Morgan fingerprint density at radius 2 is 2.00 bits per heavy atom. The van der Waals surface area contributed by atoms with Gasteiger partial charge in [0.05, 0.1) is 11.3 Å². The second-order valence-corrected chi connectivity index (χ2v) is 6.31. The number of carboxylic acid groups (broad SMARTS) is 1. The third-order valence-corrected chi connectivity index (χ3v) is 4.33. The van der Waals surface area contributed by atoms with E-state index in [0.29, 0.717) is 11.4 Å². The van der Waals surface area contributed by atoms with Gasteiger partial charge in [-0.3, -0.25) is 4.72 Å². The second kappa shape index (κ2) is 5.21. The minimum absolute atomic E-state index is 0.00972. The van der Waals surface area contributed by atoms with Crippen molar-refractivity contribution in [2.45, 2.75) is 18.9 Å². The number of carbonyl (C=O) groups is 1. The van der Waals surface area contributed by atoms with E-state index in [1.165, 1.54) is 18.3 Å². The topological polar surface area (TPSA) is 101 Å². The molecule has 0 aliphatic rings. The maximum absolute atomic E-state index is 12.3. The number of rotatable bonds is 4. The Hall–Kier alpha value is -2.35. The van der Waals surface area contributed by atoms with E-state index < -0.39 is 16.0 Å². The number of benzene rings is 1. The van der Waals surface area contributed by atoms with Crippen LogP contribution in [-0.4, -0.2) is 29.0 Å². The number of carboxylic acids is 1. The molecule has 2 aromatic rings. The lowest BCUT2D eigenvalue weighted by atomic mass is 10.1. The normalized spacial score (nSPS) is 11.4. The van der Waals surface area contributed by atoms with Crippen LogP contribution in [0.4, 0.5) is 5.69 Å². The maximum Gasteiger partial charge on any atom is 0.335 e. The van der Waals surface area contributed by atoms with Gasteiger partial charge in [-0.05, 0) is 31.5 Å². The van der Waals surface area contributed by atoms with Gasteiger partial charge in [0.15, 0.2) is 5.03 Å². The van der Waals surface area contributed by atoms with Gasteiger partial charge in [0, 0.05) is 13.2 Å². The van der Waals surface area contributed by atoms with Gasteiger partial charge in [-0.1, -0.05) is 6.07 Å². The van der Waals surface area contributed by atoms with Crippen molar-refractivity contribution >= 4 is 21.7 Å². The Balaban J connectivity index is 2.41. The van der Waals surface area contributed by atoms with Crippen LogP contribution in [0.15, 0.2) is 29.4 Å². The maximum atomic E-state index is 12.3. The monoisotopic (exact) mass is 309 g/mol. The van der Waals surface area contributed by atoms with E-state index in [1.54, 1.807) is 31.5 Å². The molecule has 0 atom stereocenters. The van der Waals surface area contributed by atoms with Crippen LogP contribution in [0.5, 0.6) is 0 Å². The number of nitrogens with one attached hydrogen (secondary N) is 1. The Morgan fingerprint density at radius 3 is 2.52 bits per heavy atom. The van der Waals surface area contributed by atoms with Gasteiger partial charge in [0.25, 0.3) is 10.0 Å². The average Bonchev–Trinajstić information content (AvgIpc) is 2.73. The molecule has 21 heavy (non-hydrogen) atoms. The van der Waals surface area contributed by atoms with Gasteiger partial charge in [0.2, 0.25) is 0 Å². The first kappa shape index (κ1) is 15.0. The first-order valence-electron chi connectivity index (χ1n) is 6.07. The molecule has 112 valence electrons. The van der Waals surface area contributed by atoms with Crippen molar-refractivity contribution in [3.63, 3.8) is 0 Å². The Morgan fingerprint density at radius 1 is 1.33 bits per heavy atom. The van der Waals surface area contributed by atoms with E-state index >= 15 is 0 Å². The molecule has 1 aromatic heterocycles. The summed E-state index contributed by atoms with van der Waals surface area (Å²) in [7, 11) is -2.16. The summed E-state index contributed by atoms with van der Waals surface area (Å²) in [5.74, 6) is -0.560. The fourth-order valence-electron chi connectivity index (χ4n) is 1.72. The lowest BCUT2D eigenvalue weighted by molar-refractivity contribution is 0.0697. The lowest BCUT2D eigenvalue weighted by Gasteiger charge is -2.09. The first-order chi connectivity index (χ1) is 9.70. The minimum atomic E-state index is -3.85. The molecule has 0 bridgehead atoms. The number of aromatic nitrogens is 2. The zero-order valence-corrected chi connectivity index (χ0v) is 12.6. The third-order valence-electron chi connectivity index (χ3n) is 3.09. The molecule has 1 aromatic carbocycles. The first-order valence-corrected chi connectivity index (χ1v) is 7.56. The van der Waals surface area contributed by atoms with Crippen LogP contribution in [0.1, 0.15) is 21.7 Å². The highest BCUT2D eigenvalue weighted by Crippen LogP contribution is 2.21. The Labute approximate surface area is 122 Å². The second-order valence-electron chi connectivity index (χ2n) is 4.68. The third kappa shape index (κ3) is 3.05. The highest BCUT2D eigenvalue weighted by Gasteiger charge is 2.20. The van der Waals surface area contributed by atoms with Crippen molar-refractivity contribution in [3.8, 4) is 0 Å². The van der Waals surface area contributed by atoms with Crippen LogP contribution < -0.4 is 4.72 Å². The minimum Gasteiger partial charge on any atom is -0.478 e. The summed E-state index contributed by atoms with van der Waals surface area (Å²) in [5.41, 5.74) is 0.852. The molecule has 0 unspecified atom stereocenters. The molecule has 0 saturated carbocycles. The van der Waals surface area contributed by atoms with Crippen LogP contribution in [0, 0.1) is 13.8 Å². The van der Waals surface area contributed by atoms with Crippen LogP contribution in [0.2, 0.25) is 0 Å². The van der Waals surface area contributed by atoms with Crippen LogP contribution in [0.3, 0.4) is 0 Å². The molecular formula is C13H15N3O4S. The molecule has 0 saturated heterocycles. The van der Waals surface area contributed by atoms with E-state index in [9.17, 15) is 13.2 Å². The molecule has 8 heteroatoms. The van der Waals surface area contributed by atoms with E-state index in [2.05, 4.69) is 9.71 Å². The number of imidazole rings is 1. The molecule has 7 nitrogen and oxygen atoms in total. The molecule has 0 fully saturated rings. The molecule has 2 rings (SSSR count). The summed E-state index contributed by atoms with van der Waals surface area (Å²) in [6.07, 6.45) is 1.40. The number of aromatic carboxylic acids is 1. The van der Waals surface area contributed by atoms with E-state index in [1.807, 2.05) is 0 Å². The summed E-state index contributed by atoms with van der Waals surface area (Å²) in [6.45, 7) is 3.38. The number of sulfonamides is 1. The predicted molar refractivity (Wildman–Crippen MR) is 76.9 cm³/mol. The molecule has 0 amide bonds. The number of hydrogen-bond acceptors (Lipinski definition) is 4. The van der Waals surface area contributed by atoms with Crippen LogP contribution in [-0.2, 0) is 17.1 Å². The molecule has 0 aliphatic carbocycles. The standard InChI is InChI=1S/C13H15N3O4S/c1-8-4-5-10(13(17)18)6-11(8)15-21(19,20)12-7-16(3)9(2)14-12/h4-7,15H,1-3H3,(H,17,18). The summed E-state index contributed by atoms with van der Waals surface area (Å²) in [4.78, 5) is 14.9. The van der Waals surface area contributed by atoms with Gasteiger partial charge in [-0.15, -0.1) is 0 Å². The number of nitrogens with zero attached hydrogens (tertiary/aromatic N) is 2. The average molecular weight is 309 g/mol. The summed E-state index contributed by atoms with van der Waals surface area (Å²) >= 11 is 0. The Kier molecular flexibility index (Phi) is 3.73. The van der Waals surface area contributed by atoms with Gasteiger partial charge in [-0.2, -0.15) is 8.42 Å². The van der Waals surface area contributed by atoms with Crippen molar-refractivity contribution in [1.29, 1.82) is 0 Å². The van der Waals surface area contributed by atoms with Crippen molar-refractivity contribution in [2.24, 2.45) is 7.05 Å². The molecular weight excluding hydrogens is 294 g/mol. The Bertz CT molecular complexity index is 789. The van der Waals surface area contributed by atoms with Gasteiger partial charge in [0.1, 0.15) is 5.82 Å². The zero-order valence-electron chi connectivity index (χ0n) is 11.8. The van der Waals surface area contributed by atoms with Gasteiger partial charge < -0.3 is 9.67 Å². The van der Waals surface area contributed by atoms with Crippen molar-refractivity contribution in [3.05, 3.63) is 41.3 Å². The van der Waals surface area contributed by atoms with Crippen LogP contribution in [0.25, 0.3) is 0 Å². The SMILES string of the molecule is Cc1ccc(C(=O)O)cc1NS(=O)(=O)c1cn(C)c(C)n1. The fraction of sp³-hybridized carbons (Fsp3) is 0.231. The van der Waals surface area contributed by atoms with Crippen LogP contribution >= 0.6 is 0 Å². The lowest BCUT2D eigenvalue weighted by Crippen LogP contribution is -2.15. The fourth-order valence-corrected chi connectivity index (χ4v) is 2.88. The smallest absolute Gasteiger partial charge is 0.335 e. The predicted octanol–water partition coefficient (Wildman–Crippen LogP) is 1.54. The van der Waals surface area contributed by atoms with E-state index in [-0.39, 0.29) is 16.3 Å².